The van der Waals surface area contributed by atoms with Crippen molar-refractivity contribution >= 4 is 28.1 Å². The summed E-state index contributed by atoms with van der Waals surface area (Å²) in [5.74, 6) is 0.227. The second-order valence-corrected chi connectivity index (χ2v) is 5.90. The average Bonchev–Trinajstić information content (AvgIpc) is 3.08. The molecular weight excluding hydrogens is 284 g/mol. The molecule has 0 bridgehead atoms. The Labute approximate surface area is 126 Å². The molecule has 0 saturated heterocycles. The van der Waals surface area contributed by atoms with Crippen molar-refractivity contribution in [3.05, 3.63) is 52.3 Å². The summed E-state index contributed by atoms with van der Waals surface area (Å²) in [5.41, 5.74) is 2.20. The number of fused-ring (bicyclic) bond motifs is 1. The molecule has 4 nitrogen and oxygen atoms in total. The van der Waals surface area contributed by atoms with Crippen LogP contribution < -0.4 is 5.32 Å². The molecule has 108 valence electrons. The van der Waals surface area contributed by atoms with Crippen molar-refractivity contribution in [1.29, 1.82) is 0 Å². The number of hydrogen-bond acceptors (Lipinski definition) is 3. The van der Waals surface area contributed by atoms with Crippen LogP contribution in [0.3, 0.4) is 0 Å². The van der Waals surface area contributed by atoms with Gasteiger partial charge in [-0.1, -0.05) is 6.07 Å². The Hall–Kier alpha value is -2.27. The number of aromatic nitrogens is 1. The number of nitrogens with zero attached hydrogens (tertiary/aromatic N) is 1. The summed E-state index contributed by atoms with van der Waals surface area (Å²) < 4.78 is 2.03. The predicted molar refractivity (Wildman–Crippen MR) is 84.9 cm³/mol. The molecule has 0 aliphatic rings. The second-order valence-electron chi connectivity index (χ2n) is 4.95. The molecular formula is C16H16N2O2S. The lowest BCUT2D eigenvalue weighted by molar-refractivity contribution is 0.0958. The number of phenols is 1. The lowest BCUT2D eigenvalue weighted by atomic mass is 10.1. The summed E-state index contributed by atoms with van der Waals surface area (Å²) in [6, 6.07) is 9.04. The second kappa shape index (κ2) is 5.61. The van der Waals surface area contributed by atoms with E-state index < -0.39 is 0 Å². The first-order valence-electron chi connectivity index (χ1n) is 6.74. The first-order chi connectivity index (χ1) is 10.1. The van der Waals surface area contributed by atoms with Crippen LogP contribution in [0.5, 0.6) is 5.75 Å². The van der Waals surface area contributed by atoms with Gasteiger partial charge in [0, 0.05) is 30.7 Å². The number of amides is 1. The number of carbonyl (C=O) groups is 1. The standard InChI is InChI=1S/C16H16N2O2S/c1-18-10-11(13-9-12(19)4-5-14(13)18)6-7-17-16(20)15-3-2-8-21-15/h2-5,8-10,19H,6-7H2,1H3,(H,17,20). The van der Waals surface area contributed by atoms with E-state index in [9.17, 15) is 9.90 Å². The fourth-order valence-corrected chi connectivity index (χ4v) is 3.11. The molecule has 0 aliphatic heterocycles. The number of phenolic OH excluding ortho intramolecular Hbond substituents is 1. The van der Waals surface area contributed by atoms with Crippen LogP contribution in [0.15, 0.2) is 41.9 Å². The van der Waals surface area contributed by atoms with E-state index in [1.165, 1.54) is 11.3 Å². The minimum Gasteiger partial charge on any atom is -0.508 e. The Balaban J connectivity index is 1.71. The molecule has 0 saturated carbocycles. The van der Waals surface area contributed by atoms with Crippen molar-refractivity contribution in [1.82, 2.24) is 9.88 Å². The van der Waals surface area contributed by atoms with Crippen molar-refractivity contribution in [2.45, 2.75) is 6.42 Å². The third kappa shape index (κ3) is 2.78. The highest BCUT2D eigenvalue weighted by molar-refractivity contribution is 7.12. The minimum absolute atomic E-state index is 0.0342. The maximum atomic E-state index is 11.9. The SMILES string of the molecule is Cn1cc(CCNC(=O)c2cccs2)c2cc(O)ccc21. The largest absolute Gasteiger partial charge is 0.508 e. The third-order valence-electron chi connectivity index (χ3n) is 3.48. The molecule has 3 rings (SSSR count). The number of aryl methyl sites for hydroxylation is 1. The molecule has 2 heterocycles. The Morgan fingerprint density at radius 2 is 2.24 bits per heavy atom. The topological polar surface area (TPSA) is 54.3 Å². The van der Waals surface area contributed by atoms with Gasteiger partial charge in [-0.3, -0.25) is 4.79 Å². The number of hydrogen-bond donors (Lipinski definition) is 2. The molecule has 1 amide bonds. The molecule has 0 atom stereocenters. The molecule has 0 spiro atoms. The van der Waals surface area contributed by atoms with Gasteiger partial charge >= 0.3 is 0 Å². The Morgan fingerprint density at radius 1 is 1.38 bits per heavy atom. The average molecular weight is 300 g/mol. The highest BCUT2D eigenvalue weighted by Gasteiger charge is 2.09. The van der Waals surface area contributed by atoms with Crippen LogP contribution in [0, 0.1) is 0 Å². The van der Waals surface area contributed by atoms with E-state index in [1.807, 2.05) is 41.4 Å². The molecule has 3 aromatic rings. The molecule has 0 radical (unpaired) electrons. The zero-order valence-corrected chi connectivity index (χ0v) is 12.5. The van der Waals surface area contributed by atoms with E-state index in [-0.39, 0.29) is 11.7 Å². The highest BCUT2D eigenvalue weighted by Crippen LogP contribution is 2.25. The molecule has 2 aromatic heterocycles. The van der Waals surface area contributed by atoms with Crippen molar-refractivity contribution in [3.63, 3.8) is 0 Å². The monoisotopic (exact) mass is 300 g/mol. The van der Waals surface area contributed by atoms with E-state index in [0.29, 0.717) is 6.54 Å². The quantitative estimate of drug-likeness (QED) is 0.778. The van der Waals surface area contributed by atoms with E-state index >= 15 is 0 Å². The van der Waals surface area contributed by atoms with Gasteiger partial charge in [-0.25, -0.2) is 0 Å². The van der Waals surface area contributed by atoms with Crippen molar-refractivity contribution in [2.24, 2.45) is 7.05 Å². The van der Waals surface area contributed by atoms with Gasteiger partial charge in [-0.15, -0.1) is 11.3 Å². The summed E-state index contributed by atoms with van der Waals surface area (Å²) in [5, 5.41) is 15.5. The van der Waals surface area contributed by atoms with E-state index in [2.05, 4.69) is 5.32 Å². The summed E-state index contributed by atoms with van der Waals surface area (Å²) >= 11 is 1.44. The van der Waals surface area contributed by atoms with Crippen molar-refractivity contribution in [3.8, 4) is 5.75 Å². The Morgan fingerprint density at radius 3 is 3.00 bits per heavy atom. The first-order valence-corrected chi connectivity index (χ1v) is 7.62. The predicted octanol–water partition coefficient (Wildman–Crippen LogP) is 2.92. The van der Waals surface area contributed by atoms with Gasteiger partial charge in [-0.05, 0) is 41.6 Å². The highest BCUT2D eigenvalue weighted by atomic mass is 32.1. The molecule has 0 fully saturated rings. The smallest absolute Gasteiger partial charge is 0.261 e. The molecule has 21 heavy (non-hydrogen) atoms. The fourth-order valence-electron chi connectivity index (χ4n) is 2.47. The van der Waals surface area contributed by atoms with E-state index in [0.717, 1.165) is 27.8 Å². The van der Waals surface area contributed by atoms with Gasteiger partial charge in [0.15, 0.2) is 0 Å². The molecule has 2 N–H and O–H groups in total. The van der Waals surface area contributed by atoms with Crippen molar-refractivity contribution < 1.29 is 9.90 Å². The Kier molecular flexibility index (Phi) is 3.66. The van der Waals surface area contributed by atoms with Gasteiger partial charge in [0.1, 0.15) is 5.75 Å². The summed E-state index contributed by atoms with van der Waals surface area (Å²) in [6.07, 6.45) is 2.78. The lowest BCUT2D eigenvalue weighted by Crippen LogP contribution is -2.24. The van der Waals surface area contributed by atoms with Crippen LogP contribution in [-0.4, -0.2) is 22.1 Å². The summed E-state index contributed by atoms with van der Waals surface area (Å²) in [7, 11) is 1.98. The summed E-state index contributed by atoms with van der Waals surface area (Å²) in [6.45, 7) is 0.575. The molecule has 0 aliphatic carbocycles. The Bertz CT molecular complexity index is 775. The number of thiophene rings is 1. The number of carbonyl (C=O) groups excluding carboxylic acids is 1. The zero-order valence-electron chi connectivity index (χ0n) is 11.7. The first kappa shape index (κ1) is 13.7. The van der Waals surface area contributed by atoms with Gasteiger partial charge in [0.05, 0.1) is 4.88 Å². The molecule has 1 aromatic carbocycles. The van der Waals surface area contributed by atoms with Crippen molar-refractivity contribution in [2.75, 3.05) is 6.54 Å². The maximum absolute atomic E-state index is 11.9. The maximum Gasteiger partial charge on any atom is 0.261 e. The number of benzene rings is 1. The number of rotatable bonds is 4. The van der Waals surface area contributed by atoms with Crippen LogP contribution in [0.1, 0.15) is 15.2 Å². The number of nitrogens with one attached hydrogen (secondary N) is 1. The van der Waals surface area contributed by atoms with Gasteiger partial charge in [-0.2, -0.15) is 0 Å². The molecule has 5 heteroatoms. The third-order valence-corrected chi connectivity index (χ3v) is 4.35. The number of aromatic hydroxyl groups is 1. The van der Waals surface area contributed by atoms with Crippen LogP contribution in [-0.2, 0) is 13.5 Å². The van der Waals surface area contributed by atoms with Crippen LogP contribution in [0.4, 0.5) is 0 Å². The van der Waals surface area contributed by atoms with Gasteiger partial charge in [0.2, 0.25) is 0 Å². The van der Waals surface area contributed by atoms with Gasteiger partial charge in [0.25, 0.3) is 5.91 Å². The van der Waals surface area contributed by atoms with E-state index in [4.69, 9.17) is 0 Å². The summed E-state index contributed by atoms with van der Waals surface area (Å²) in [4.78, 5) is 12.6. The van der Waals surface area contributed by atoms with Crippen LogP contribution >= 0.6 is 11.3 Å². The zero-order chi connectivity index (χ0) is 14.8. The van der Waals surface area contributed by atoms with Crippen LogP contribution in [0.2, 0.25) is 0 Å². The fraction of sp³-hybridized carbons (Fsp3) is 0.188. The normalized spacial score (nSPS) is 10.9. The minimum atomic E-state index is -0.0342. The van der Waals surface area contributed by atoms with Gasteiger partial charge < -0.3 is 15.0 Å². The molecule has 0 unspecified atom stereocenters. The van der Waals surface area contributed by atoms with Crippen LogP contribution in [0.25, 0.3) is 10.9 Å². The van der Waals surface area contributed by atoms with E-state index in [1.54, 1.807) is 12.1 Å². The lowest BCUT2D eigenvalue weighted by Gasteiger charge is -2.03.